The smallest absolute Gasteiger partial charge is 0.416 e. The molecular weight excluding hydrogens is 391 g/mol. The van der Waals surface area contributed by atoms with Crippen molar-refractivity contribution in [3.05, 3.63) is 59.2 Å². The zero-order valence-corrected chi connectivity index (χ0v) is 16.3. The minimum atomic E-state index is -4.39. The summed E-state index contributed by atoms with van der Waals surface area (Å²) in [7, 11) is -3.29. The molecule has 0 bridgehead atoms. The highest BCUT2D eigenvalue weighted by Crippen LogP contribution is 2.32. The van der Waals surface area contributed by atoms with Gasteiger partial charge in [0.2, 0.25) is 10.0 Å². The van der Waals surface area contributed by atoms with E-state index in [1.165, 1.54) is 16.4 Å². The number of halogens is 3. The summed E-state index contributed by atoms with van der Waals surface area (Å²) in [5, 5.41) is 0. The van der Waals surface area contributed by atoms with Crippen LogP contribution in [0.4, 0.5) is 13.2 Å². The Bertz CT molecular complexity index is 925. The zero-order valence-electron chi connectivity index (χ0n) is 15.5. The third-order valence-corrected chi connectivity index (χ3v) is 6.62. The summed E-state index contributed by atoms with van der Waals surface area (Å²) in [4.78, 5) is 0. The molecule has 0 unspecified atom stereocenters. The van der Waals surface area contributed by atoms with Crippen LogP contribution in [-0.2, 0) is 29.2 Å². The Morgan fingerprint density at radius 3 is 2.36 bits per heavy atom. The third-order valence-electron chi connectivity index (χ3n) is 4.72. The first-order valence-corrected chi connectivity index (χ1v) is 10.7. The molecule has 152 valence electrons. The maximum Gasteiger partial charge on any atom is 0.416 e. The number of unbranched alkanes of at least 4 members (excludes halogenated alkanes) is 1. The fraction of sp³-hybridized carbons (Fsp3) is 0.400. The van der Waals surface area contributed by atoms with E-state index in [0.717, 1.165) is 29.7 Å². The molecule has 0 atom stereocenters. The van der Waals surface area contributed by atoms with Crippen LogP contribution in [0, 0.1) is 0 Å². The second kappa shape index (κ2) is 8.13. The number of hydrogen-bond acceptors (Lipinski definition) is 3. The maximum absolute atomic E-state index is 12.7. The zero-order chi connectivity index (χ0) is 20.4. The Balaban J connectivity index is 1.74. The molecule has 0 spiro atoms. The summed E-state index contributed by atoms with van der Waals surface area (Å²) in [5.41, 5.74) is 1.18. The molecule has 1 heterocycles. The summed E-state index contributed by atoms with van der Waals surface area (Å²) in [6.45, 7) is 2.69. The van der Waals surface area contributed by atoms with Gasteiger partial charge in [-0.3, -0.25) is 0 Å². The number of hydrogen-bond donors (Lipinski definition) is 0. The van der Waals surface area contributed by atoms with Crippen LogP contribution in [-0.4, -0.2) is 25.0 Å². The third kappa shape index (κ3) is 4.86. The van der Waals surface area contributed by atoms with Crippen molar-refractivity contribution in [3.8, 4) is 11.5 Å². The SMILES string of the molecule is CCCCS(=O)(=O)N1CCc2ccc(Oc3ccc(C(F)(F)F)cc3)cc2C1. The summed E-state index contributed by atoms with van der Waals surface area (Å²) in [5.74, 6) is 0.892. The molecule has 1 aliphatic rings. The molecule has 2 aromatic carbocycles. The molecule has 0 fully saturated rings. The van der Waals surface area contributed by atoms with Crippen molar-refractivity contribution in [1.29, 1.82) is 0 Å². The van der Waals surface area contributed by atoms with Crippen LogP contribution >= 0.6 is 0 Å². The van der Waals surface area contributed by atoms with Gasteiger partial charge < -0.3 is 4.74 Å². The fourth-order valence-electron chi connectivity index (χ4n) is 3.11. The standard InChI is InChI=1S/C20H22F3NO3S/c1-2-3-12-28(25,26)24-11-10-15-4-7-19(13-16(15)14-24)27-18-8-5-17(6-9-18)20(21,22)23/h4-9,13H,2-3,10-12,14H2,1H3. The Hall–Kier alpha value is -2.06. The molecule has 3 rings (SSSR count). The van der Waals surface area contributed by atoms with Crippen molar-refractivity contribution in [2.75, 3.05) is 12.3 Å². The minimum absolute atomic E-state index is 0.139. The van der Waals surface area contributed by atoms with Crippen LogP contribution in [0.1, 0.15) is 36.5 Å². The van der Waals surface area contributed by atoms with Gasteiger partial charge in [0.15, 0.2) is 0 Å². The van der Waals surface area contributed by atoms with Crippen molar-refractivity contribution in [2.24, 2.45) is 0 Å². The van der Waals surface area contributed by atoms with E-state index in [0.29, 0.717) is 25.1 Å². The van der Waals surface area contributed by atoms with Gasteiger partial charge in [-0.15, -0.1) is 0 Å². The van der Waals surface area contributed by atoms with E-state index in [2.05, 4.69) is 0 Å². The molecule has 0 amide bonds. The molecule has 28 heavy (non-hydrogen) atoms. The minimum Gasteiger partial charge on any atom is -0.457 e. The van der Waals surface area contributed by atoms with Gasteiger partial charge >= 0.3 is 6.18 Å². The number of fused-ring (bicyclic) bond motifs is 1. The lowest BCUT2D eigenvalue weighted by atomic mass is 10.0. The predicted molar refractivity (Wildman–Crippen MR) is 101 cm³/mol. The fourth-order valence-corrected chi connectivity index (χ4v) is 4.73. The quantitative estimate of drug-likeness (QED) is 0.671. The van der Waals surface area contributed by atoms with Gasteiger partial charge in [-0.2, -0.15) is 17.5 Å². The molecule has 8 heteroatoms. The van der Waals surface area contributed by atoms with Crippen LogP contribution < -0.4 is 4.74 Å². The monoisotopic (exact) mass is 413 g/mol. The molecule has 0 saturated heterocycles. The number of ether oxygens (including phenoxy) is 1. The highest BCUT2D eigenvalue weighted by Gasteiger charge is 2.30. The lowest BCUT2D eigenvalue weighted by Crippen LogP contribution is -2.37. The molecule has 0 aliphatic carbocycles. The van der Waals surface area contributed by atoms with E-state index >= 15 is 0 Å². The van der Waals surface area contributed by atoms with Gasteiger partial charge in [0.25, 0.3) is 0 Å². The Morgan fingerprint density at radius 2 is 1.71 bits per heavy atom. The normalized spacial score (nSPS) is 15.3. The van der Waals surface area contributed by atoms with Gasteiger partial charge in [-0.1, -0.05) is 19.4 Å². The largest absolute Gasteiger partial charge is 0.457 e. The maximum atomic E-state index is 12.7. The van der Waals surface area contributed by atoms with Crippen LogP contribution in [0.5, 0.6) is 11.5 Å². The van der Waals surface area contributed by atoms with E-state index in [1.807, 2.05) is 13.0 Å². The first-order chi connectivity index (χ1) is 13.2. The van der Waals surface area contributed by atoms with Gasteiger partial charge in [-0.25, -0.2) is 8.42 Å². The van der Waals surface area contributed by atoms with Gasteiger partial charge in [-0.05, 0) is 60.4 Å². The summed E-state index contributed by atoms with van der Waals surface area (Å²) < 4.78 is 70.0. The highest BCUT2D eigenvalue weighted by atomic mass is 32.2. The average molecular weight is 413 g/mol. The Morgan fingerprint density at radius 1 is 1.04 bits per heavy atom. The number of nitrogens with zero attached hydrogens (tertiary/aromatic N) is 1. The first kappa shape index (κ1) is 20.7. The van der Waals surface area contributed by atoms with Crippen LogP contribution in [0.2, 0.25) is 0 Å². The summed E-state index contributed by atoms with van der Waals surface area (Å²) >= 11 is 0. The highest BCUT2D eigenvalue weighted by molar-refractivity contribution is 7.89. The lowest BCUT2D eigenvalue weighted by molar-refractivity contribution is -0.137. The Kier molecular flexibility index (Phi) is 6.00. The summed E-state index contributed by atoms with van der Waals surface area (Å²) in [6, 6.07) is 9.86. The van der Waals surface area contributed by atoms with Crippen molar-refractivity contribution < 1.29 is 26.3 Å². The number of benzene rings is 2. The molecule has 0 radical (unpaired) electrons. The van der Waals surface area contributed by atoms with Gasteiger partial charge in [0, 0.05) is 13.1 Å². The van der Waals surface area contributed by atoms with Crippen LogP contribution in [0.15, 0.2) is 42.5 Å². The van der Waals surface area contributed by atoms with Crippen molar-refractivity contribution in [3.63, 3.8) is 0 Å². The van der Waals surface area contributed by atoms with Crippen molar-refractivity contribution in [1.82, 2.24) is 4.31 Å². The molecule has 0 saturated carbocycles. The molecule has 0 N–H and O–H groups in total. The van der Waals surface area contributed by atoms with Crippen LogP contribution in [0.25, 0.3) is 0 Å². The second-order valence-corrected chi connectivity index (χ2v) is 8.90. The van der Waals surface area contributed by atoms with E-state index in [4.69, 9.17) is 4.74 Å². The number of rotatable bonds is 6. The summed E-state index contributed by atoms with van der Waals surface area (Å²) in [6.07, 6.45) is -2.32. The van der Waals surface area contributed by atoms with E-state index < -0.39 is 21.8 Å². The molecule has 2 aromatic rings. The van der Waals surface area contributed by atoms with Crippen LogP contribution in [0.3, 0.4) is 0 Å². The number of alkyl halides is 3. The first-order valence-electron chi connectivity index (χ1n) is 9.14. The van der Waals surface area contributed by atoms with E-state index in [1.54, 1.807) is 12.1 Å². The number of sulfonamides is 1. The van der Waals surface area contributed by atoms with Gasteiger partial charge in [0.1, 0.15) is 11.5 Å². The average Bonchev–Trinajstić information content (AvgIpc) is 2.65. The lowest BCUT2D eigenvalue weighted by Gasteiger charge is -2.28. The topological polar surface area (TPSA) is 46.6 Å². The second-order valence-electron chi connectivity index (χ2n) is 6.81. The van der Waals surface area contributed by atoms with E-state index in [-0.39, 0.29) is 18.0 Å². The molecular formula is C20H22F3NO3S. The van der Waals surface area contributed by atoms with Gasteiger partial charge in [0.05, 0.1) is 11.3 Å². The molecule has 4 nitrogen and oxygen atoms in total. The predicted octanol–water partition coefficient (Wildman–Crippen LogP) is 4.99. The Labute approximate surface area is 163 Å². The van der Waals surface area contributed by atoms with Crippen molar-refractivity contribution >= 4 is 10.0 Å². The van der Waals surface area contributed by atoms with Crippen molar-refractivity contribution in [2.45, 2.75) is 38.9 Å². The van der Waals surface area contributed by atoms with E-state index in [9.17, 15) is 21.6 Å². The molecule has 0 aromatic heterocycles. The molecule has 1 aliphatic heterocycles.